The molecule has 8 nitrogen and oxygen atoms in total. The molecule has 0 bridgehead atoms. The SMILES string of the molecule is CCN(CC)c1ccc(/C=N/NC(=O)c2ccc(=O)[nH]n2)c(O)c1. The monoisotopic (exact) mass is 329 g/mol. The average Bonchev–Trinajstić information content (AvgIpc) is 2.58. The lowest BCUT2D eigenvalue weighted by Crippen LogP contribution is -2.22. The molecule has 1 heterocycles. The van der Waals surface area contributed by atoms with Gasteiger partial charge in [-0.3, -0.25) is 9.59 Å². The fourth-order valence-electron chi connectivity index (χ4n) is 2.12. The molecular weight excluding hydrogens is 310 g/mol. The summed E-state index contributed by atoms with van der Waals surface area (Å²) in [6, 6.07) is 7.74. The van der Waals surface area contributed by atoms with Crippen molar-refractivity contribution in [1.82, 2.24) is 15.6 Å². The summed E-state index contributed by atoms with van der Waals surface area (Å²) in [6.07, 6.45) is 1.34. The van der Waals surface area contributed by atoms with Gasteiger partial charge in [-0.15, -0.1) is 0 Å². The molecule has 3 N–H and O–H groups in total. The number of amides is 1. The van der Waals surface area contributed by atoms with Gasteiger partial charge in [0.25, 0.3) is 11.5 Å². The van der Waals surface area contributed by atoms with Crippen molar-refractivity contribution in [2.45, 2.75) is 13.8 Å². The second-order valence-electron chi connectivity index (χ2n) is 4.92. The lowest BCUT2D eigenvalue weighted by atomic mass is 10.2. The van der Waals surface area contributed by atoms with Crippen LogP contribution in [-0.2, 0) is 0 Å². The van der Waals surface area contributed by atoms with E-state index in [2.05, 4.69) is 25.6 Å². The number of nitrogens with one attached hydrogen (secondary N) is 2. The molecule has 2 aromatic rings. The molecule has 0 atom stereocenters. The molecule has 0 aliphatic rings. The van der Waals surface area contributed by atoms with E-state index in [1.807, 2.05) is 19.9 Å². The van der Waals surface area contributed by atoms with Gasteiger partial charge < -0.3 is 10.0 Å². The Morgan fingerprint density at radius 3 is 2.67 bits per heavy atom. The predicted octanol–water partition coefficient (Wildman–Crippen LogP) is 1.09. The van der Waals surface area contributed by atoms with Gasteiger partial charge in [-0.05, 0) is 32.0 Å². The van der Waals surface area contributed by atoms with E-state index in [1.165, 1.54) is 18.3 Å². The van der Waals surface area contributed by atoms with E-state index >= 15 is 0 Å². The first-order valence-corrected chi connectivity index (χ1v) is 7.52. The Morgan fingerprint density at radius 2 is 2.08 bits per heavy atom. The summed E-state index contributed by atoms with van der Waals surface area (Å²) in [5.74, 6) is -0.499. The van der Waals surface area contributed by atoms with Gasteiger partial charge in [0.1, 0.15) is 5.75 Å². The van der Waals surface area contributed by atoms with Crippen LogP contribution in [0.3, 0.4) is 0 Å². The molecule has 0 aliphatic carbocycles. The minimum absolute atomic E-state index is 0.0350. The Balaban J connectivity index is 2.05. The van der Waals surface area contributed by atoms with Crippen LogP contribution in [0.5, 0.6) is 5.75 Å². The summed E-state index contributed by atoms with van der Waals surface area (Å²) in [5, 5.41) is 19.6. The lowest BCUT2D eigenvalue weighted by molar-refractivity contribution is 0.0949. The van der Waals surface area contributed by atoms with Crippen LogP contribution in [0.1, 0.15) is 29.9 Å². The third kappa shape index (κ3) is 4.19. The highest BCUT2D eigenvalue weighted by Gasteiger charge is 2.07. The number of anilines is 1. The van der Waals surface area contributed by atoms with E-state index in [4.69, 9.17) is 0 Å². The molecule has 0 unspecified atom stereocenters. The number of H-pyrrole nitrogens is 1. The molecule has 8 heteroatoms. The Kier molecular flexibility index (Phi) is 5.67. The first-order valence-electron chi connectivity index (χ1n) is 7.52. The number of carbonyl (C=O) groups excluding carboxylic acids is 1. The van der Waals surface area contributed by atoms with E-state index in [-0.39, 0.29) is 11.4 Å². The smallest absolute Gasteiger partial charge is 0.291 e. The number of phenols is 1. The van der Waals surface area contributed by atoms with Crippen molar-refractivity contribution in [2.24, 2.45) is 5.10 Å². The molecule has 1 aromatic carbocycles. The van der Waals surface area contributed by atoms with Crippen LogP contribution in [0.4, 0.5) is 5.69 Å². The fourth-order valence-corrected chi connectivity index (χ4v) is 2.12. The standard InChI is InChI=1S/C16H19N5O3/c1-3-21(4-2)12-6-5-11(14(22)9-12)10-17-20-16(24)13-7-8-15(23)19-18-13/h5-10,22H,3-4H2,1-2H3,(H,19,23)(H,20,24)/b17-10+. The minimum Gasteiger partial charge on any atom is -0.507 e. The summed E-state index contributed by atoms with van der Waals surface area (Å²) >= 11 is 0. The van der Waals surface area contributed by atoms with Crippen molar-refractivity contribution in [1.29, 1.82) is 0 Å². The number of benzene rings is 1. The van der Waals surface area contributed by atoms with Crippen molar-refractivity contribution in [3.8, 4) is 5.75 Å². The number of nitrogens with zero attached hydrogens (tertiary/aromatic N) is 3. The molecule has 2 rings (SSSR count). The summed E-state index contributed by atoms with van der Waals surface area (Å²) in [4.78, 5) is 24.8. The summed E-state index contributed by atoms with van der Waals surface area (Å²) in [7, 11) is 0. The Labute approximate surface area is 138 Å². The number of rotatable bonds is 6. The third-order valence-electron chi connectivity index (χ3n) is 3.42. The Bertz CT molecular complexity index is 776. The van der Waals surface area contributed by atoms with Crippen molar-refractivity contribution in [3.05, 3.63) is 51.9 Å². The zero-order valence-electron chi connectivity index (χ0n) is 13.5. The molecule has 0 radical (unpaired) electrons. The molecule has 0 fully saturated rings. The highest BCUT2D eigenvalue weighted by Crippen LogP contribution is 2.23. The molecule has 0 saturated heterocycles. The highest BCUT2D eigenvalue weighted by molar-refractivity contribution is 5.93. The summed E-state index contributed by atoms with van der Waals surface area (Å²) in [5.41, 5.74) is 3.30. The van der Waals surface area contributed by atoms with Crippen LogP contribution in [-0.4, -0.2) is 40.5 Å². The van der Waals surface area contributed by atoms with Gasteiger partial charge >= 0.3 is 0 Å². The molecule has 0 aliphatic heterocycles. The van der Waals surface area contributed by atoms with Crippen LogP contribution >= 0.6 is 0 Å². The number of aromatic amines is 1. The highest BCUT2D eigenvalue weighted by atomic mass is 16.3. The maximum atomic E-state index is 11.8. The largest absolute Gasteiger partial charge is 0.507 e. The first kappa shape index (κ1) is 17.2. The normalized spacial score (nSPS) is 10.8. The third-order valence-corrected chi connectivity index (χ3v) is 3.42. The van der Waals surface area contributed by atoms with Gasteiger partial charge in [-0.2, -0.15) is 10.2 Å². The van der Waals surface area contributed by atoms with Gasteiger partial charge in [0.05, 0.1) is 6.21 Å². The molecular formula is C16H19N5O3. The van der Waals surface area contributed by atoms with Gasteiger partial charge in [0.2, 0.25) is 0 Å². The predicted molar refractivity (Wildman–Crippen MR) is 91.6 cm³/mol. The van der Waals surface area contributed by atoms with Crippen molar-refractivity contribution in [2.75, 3.05) is 18.0 Å². The van der Waals surface area contributed by atoms with Crippen LogP contribution in [0, 0.1) is 0 Å². The van der Waals surface area contributed by atoms with E-state index in [0.29, 0.717) is 5.56 Å². The quantitative estimate of drug-likeness (QED) is 0.542. The Morgan fingerprint density at radius 1 is 1.33 bits per heavy atom. The number of hydrazone groups is 1. The molecule has 0 saturated carbocycles. The van der Waals surface area contributed by atoms with Gasteiger partial charge in [0.15, 0.2) is 5.69 Å². The van der Waals surface area contributed by atoms with E-state index < -0.39 is 11.5 Å². The number of phenolic OH excluding ortho intramolecular Hbond substituents is 1. The number of hydrogen-bond acceptors (Lipinski definition) is 6. The lowest BCUT2D eigenvalue weighted by Gasteiger charge is -2.21. The molecule has 126 valence electrons. The van der Waals surface area contributed by atoms with E-state index in [9.17, 15) is 14.7 Å². The maximum Gasteiger partial charge on any atom is 0.291 e. The topological polar surface area (TPSA) is 111 Å². The Hall–Kier alpha value is -3.16. The van der Waals surface area contributed by atoms with E-state index in [1.54, 1.807) is 12.1 Å². The van der Waals surface area contributed by atoms with Gasteiger partial charge in [0, 0.05) is 36.5 Å². The number of hydrogen-bond donors (Lipinski definition) is 3. The maximum absolute atomic E-state index is 11.8. The van der Waals surface area contributed by atoms with Gasteiger partial charge in [-0.1, -0.05) is 0 Å². The van der Waals surface area contributed by atoms with Crippen LogP contribution in [0.25, 0.3) is 0 Å². The molecule has 0 spiro atoms. The minimum atomic E-state index is -0.568. The van der Waals surface area contributed by atoms with Crippen LogP contribution in [0.15, 0.2) is 40.2 Å². The second-order valence-corrected chi connectivity index (χ2v) is 4.92. The fraction of sp³-hybridized carbons (Fsp3) is 0.250. The van der Waals surface area contributed by atoms with E-state index in [0.717, 1.165) is 18.8 Å². The second kappa shape index (κ2) is 7.91. The number of aromatic hydroxyl groups is 1. The zero-order valence-corrected chi connectivity index (χ0v) is 13.5. The first-order chi connectivity index (χ1) is 11.5. The molecule has 1 aromatic heterocycles. The number of aromatic nitrogens is 2. The van der Waals surface area contributed by atoms with Crippen LogP contribution < -0.4 is 15.9 Å². The van der Waals surface area contributed by atoms with Crippen LogP contribution in [0.2, 0.25) is 0 Å². The van der Waals surface area contributed by atoms with Crippen molar-refractivity contribution in [3.63, 3.8) is 0 Å². The number of carbonyl (C=O) groups is 1. The summed E-state index contributed by atoms with van der Waals surface area (Å²) in [6.45, 7) is 5.75. The molecule has 24 heavy (non-hydrogen) atoms. The van der Waals surface area contributed by atoms with Gasteiger partial charge in [-0.25, -0.2) is 10.5 Å². The molecule has 1 amide bonds. The zero-order chi connectivity index (χ0) is 17.5. The van der Waals surface area contributed by atoms with Crippen molar-refractivity contribution < 1.29 is 9.90 Å². The average molecular weight is 329 g/mol. The van der Waals surface area contributed by atoms with Crippen molar-refractivity contribution >= 4 is 17.8 Å². The summed E-state index contributed by atoms with van der Waals surface area (Å²) < 4.78 is 0.